The second-order valence-corrected chi connectivity index (χ2v) is 4.07. The molecule has 5 nitrogen and oxygen atoms in total. The SMILES string of the molecule is Nc1cc(C(=O)OCCOc2ccccc2)ccc1O. The van der Waals surface area contributed by atoms with Gasteiger partial charge < -0.3 is 20.3 Å². The number of phenolic OH excluding ortho intramolecular Hbond substituents is 1. The quantitative estimate of drug-likeness (QED) is 0.378. The lowest BCUT2D eigenvalue weighted by Crippen LogP contribution is -2.12. The summed E-state index contributed by atoms with van der Waals surface area (Å²) in [4.78, 5) is 11.7. The van der Waals surface area contributed by atoms with Crippen molar-refractivity contribution in [3.8, 4) is 11.5 Å². The summed E-state index contributed by atoms with van der Waals surface area (Å²) < 4.78 is 10.4. The van der Waals surface area contributed by atoms with Crippen molar-refractivity contribution in [2.24, 2.45) is 0 Å². The number of anilines is 1. The molecule has 2 rings (SSSR count). The van der Waals surface area contributed by atoms with Crippen molar-refractivity contribution in [1.82, 2.24) is 0 Å². The number of carbonyl (C=O) groups is 1. The molecule has 20 heavy (non-hydrogen) atoms. The molecule has 2 aromatic rings. The molecule has 5 heteroatoms. The molecule has 104 valence electrons. The molecule has 2 aromatic carbocycles. The average molecular weight is 273 g/mol. The zero-order chi connectivity index (χ0) is 14.4. The molecule has 0 saturated heterocycles. The Bertz CT molecular complexity index is 584. The van der Waals surface area contributed by atoms with E-state index in [-0.39, 0.29) is 24.7 Å². The number of aromatic hydroxyl groups is 1. The van der Waals surface area contributed by atoms with Crippen molar-refractivity contribution >= 4 is 11.7 Å². The highest BCUT2D eigenvalue weighted by Gasteiger charge is 2.09. The molecule has 0 amide bonds. The molecule has 0 aromatic heterocycles. The maximum atomic E-state index is 11.7. The largest absolute Gasteiger partial charge is 0.506 e. The van der Waals surface area contributed by atoms with E-state index in [1.807, 2.05) is 30.3 Å². The summed E-state index contributed by atoms with van der Waals surface area (Å²) in [5.41, 5.74) is 5.94. The number of esters is 1. The Hall–Kier alpha value is -2.69. The van der Waals surface area contributed by atoms with Crippen LogP contribution in [0.15, 0.2) is 48.5 Å². The second kappa shape index (κ2) is 6.47. The van der Waals surface area contributed by atoms with Crippen LogP contribution in [0, 0.1) is 0 Å². The van der Waals surface area contributed by atoms with Gasteiger partial charge in [0, 0.05) is 0 Å². The number of para-hydroxylation sites is 1. The molecule has 0 spiro atoms. The van der Waals surface area contributed by atoms with Gasteiger partial charge in [0.1, 0.15) is 24.7 Å². The third-order valence-corrected chi connectivity index (χ3v) is 2.59. The molecule has 3 N–H and O–H groups in total. The van der Waals surface area contributed by atoms with E-state index in [0.717, 1.165) is 5.75 Å². The number of hydrogen-bond acceptors (Lipinski definition) is 5. The maximum absolute atomic E-state index is 11.7. The first-order chi connectivity index (χ1) is 9.66. The topological polar surface area (TPSA) is 81.8 Å². The molecule has 0 fully saturated rings. The zero-order valence-corrected chi connectivity index (χ0v) is 10.8. The van der Waals surface area contributed by atoms with E-state index < -0.39 is 5.97 Å². The normalized spacial score (nSPS) is 10.0. The van der Waals surface area contributed by atoms with Crippen LogP contribution in [-0.2, 0) is 4.74 Å². The third kappa shape index (κ3) is 3.65. The minimum Gasteiger partial charge on any atom is -0.506 e. The van der Waals surface area contributed by atoms with Crippen LogP contribution in [0.2, 0.25) is 0 Å². The Labute approximate surface area is 116 Å². The van der Waals surface area contributed by atoms with E-state index in [0.29, 0.717) is 5.56 Å². The molecule has 0 bridgehead atoms. The van der Waals surface area contributed by atoms with Crippen LogP contribution in [0.4, 0.5) is 5.69 Å². The van der Waals surface area contributed by atoms with Crippen molar-refractivity contribution < 1.29 is 19.4 Å². The minimum absolute atomic E-state index is 0.0611. The smallest absolute Gasteiger partial charge is 0.338 e. The molecule has 0 aliphatic rings. The maximum Gasteiger partial charge on any atom is 0.338 e. The Morgan fingerprint density at radius 1 is 1.10 bits per heavy atom. The molecule has 0 heterocycles. The molecule has 0 radical (unpaired) electrons. The fraction of sp³-hybridized carbons (Fsp3) is 0.133. The van der Waals surface area contributed by atoms with Crippen molar-refractivity contribution in [2.75, 3.05) is 18.9 Å². The fourth-order valence-corrected chi connectivity index (χ4v) is 1.58. The van der Waals surface area contributed by atoms with Crippen LogP contribution in [0.1, 0.15) is 10.4 Å². The first-order valence-electron chi connectivity index (χ1n) is 6.10. The van der Waals surface area contributed by atoms with Gasteiger partial charge in [-0.3, -0.25) is 0 Å². The van der Waals surface area contributed by atoms with Crippen LogP contribution in [-0.4, -0.2) is 24.3 Å². The summed E-state index contributed by atoms with van der Waals surface area (Å²) in [6.07, 6.45) is 0. The Morgan fingerprint density at radius 2 is 1.85 bits per heavy atom. The van der Waals surface area contributed by atoms with Gasteiger partial charge in [0.15, 0.2) is 0 Å². The summed E-state index contributed by atoms with van der Waals surface area (Å²) in [5.74, 6) is 0.153. The lowest BCUT2D eigenvalue weighted by molar-refractivity contribution is 0.0450. The van der Waals surface area contributed by atoms with E-state index in [9.17, 15) is 9.90 Å². The van der Waals surface area contributed by atoms with Crippen LogP contribution < -0.4 is 10.5 Å². The molecule has 0 saturated carbocycles. The predicted octanol–water partition coefficient (Wildman–Crippen LogP) is 2.21. The fourth-order valence-electron chi connectivity index (χ4n) is 1.58. The van der Waals surface area contributed by atoms with Crippen LogP contribution in [0.5, 0.6) is 11.5 Å². The van der Waals surface area contributed by atoms with E-state index >= 15 is 0 Å². The molecule has 0 aliphatic heterocycles. The van der Waals surface area contributed by atoms with Gasteiger partial charge in [-0.1, -0.05) is 18.2 Å². The monoisotopic (exact) mass is 273 g/mol. The molecule has 0 atom stereocenters. The standard InChI is InChI=1S/C15H15NO4/c16-13-10-11(6-7-14(13)17)15(18)20-9-8-19-12-4-2-1-3-5-12/h1-7,10,17H,8-9,16H2. The molecular formula is C15H15NO4. The van der Waals surface area contributed by atoms with Crippen LogP contribution in [0.3, 0.4) is 0 Å². The Morgan fingerprint density at radius 3 is 2.55 bits per heavy atom. The number of hydrogen-bond donors (Lipinski definition) is 2. The van der Waals surface area contributed by atoms with Crippen LogP contribution >= 0.6 is 0 Å². The van der Waals surface area contributed by atoms with Crippen molar-refractivity contribution in [3.63, 3.8) is 0 Å². The third-order valence-electron chi connectivity index (χ3n) is 2.59. The van der Waals surface area contributed by atoms with Crippen LogP contribution in [0.25, 0.3) is 0 Å². The van der Waals surface area contributed by atoms with Crippen molar-refractivity contribution in [3.05, 3.63) is 54.1 Å². The van der Waals surface area contributed by atoms with Gasteiger partial charge in [-0.2, -0.15) is 0 Å². The summed E-state index contributed by atoms with van der Waals surface area (Å²) in [6.45, 7) is 0.401. The minimum atomic E-state index is -0.506. The zero-order valence-electron chi connectivity index (χ0n) is 10.8. The van der Waals surface area contributed by atoms with Crippen molar-refractivity contribution in [1.29, 1.82) is 0 Å². The second-order valence-electron chi connectivity index (χ2n) is 4.07. The predicted molar refractivity (Wildman–Crippen MR) is 74.7 cm³/mol. The average Bonchev–Trinajstić information content (AvgIpc) is 2.47. The van der Waals surface area contributed by atoms with Crippen molar-refractivity contribution in [2.45, 2.75) is 0 Å². The first-order valence-corrected chi connectivity index (χ1v) is 6.10. The Balaban J connectivity index is 1.79. The van der Waals surface area contributed by atoms with Gasteiger partial charge in [-0.05, 0) is 30.3 Å². The highest BCUT2D eigenvalue weighted by molar-refractivity contribution is 5.90. The summed E-state index contributed by atoms with van der Waals surface area (Å²) in [7, 11) is 0. The van der Waals surface area contributed by atoms with Gasteiger partial charge in [0.25, 0.3) is 0 Å². The number of nitrogen functional groups attached to an aromatic ring is 1. The summed E-state index contributed by atoms with van der Waals surface area (Å²) in [5, 5.41) is 9.27. The van der Waals surface area contributed by atoms with Gasteiger partial charge in [0.2, 0.25) is 0 Å². The molecular weight excluding hydrogens is 258 g/mol. The van der Waals surface area contributed by atoms with E-state index in [1.165, 1.54) is 18.2 Å². The number of rotatable bonds is 5. The van der Waals surface area contributed by atoms with Gasteiger partial charge in [-0.25, -0.2) is 4.79 Å². The van der Waals surface area contributed by atoms with Gasteiger partial charge in [0.05, 0.1) is 11.3 Å². The molecule has 0 aliphatic carbocycles. The Kier molecular flexibility index (Phi) is 4.44. The first kappa shape index (κ1) is 13.7. The van der Waals surface area contributed by atoms with E-state index in [1.54, 1.807) is 0 Å². The highest BCUT2D eigenvalue weighted by atomic mass is 16.6. The lowest BCUT2D eigenvalue weighted by atomic mass is 10.2. The number of carbonyl (C=O) groups excluding carboxylic acids is 1. The number of ether oxygens (including phenoxy) is 2. The van der Waals surface area contributed by atoms with Gasteiger partial charge >= 0.3 is 5.97 Å². The lowest BCUT2D eigenvalue weighted by Gasteiger charge is -2.08. The van der Waals surface area contributed by atoms with E-state index in [2.05, 4.69) is 0 Å². The number of benzene rings is 2. The van der Waals surface area contributed by atoms with Gasteiger partial charge in [-0.15, -0.1) is 0 Å². The highest BCUT2D eigenvalue weighted by Crippen LogP contribution is 2.20. The molecule has 0 unspecified atom stereocenters. The van der Waals surface area contributed by atoms with E-state index in [4.69, 9.17) is 15.2 Å². The summed E-state index contributed by atoms with van der Waals surface area (Å²) in [6, 6.07) is 13.4. The summed E-state index contributed by atoms with van der Waals surface area (Å²) >= 11 is 0. The number of nitrogens with two attached hydrogens (primary N) is 1. The number of phenols is 1.